The smallest absolute Gasteiger partial charge is 0.241 e. The Hall–Kier alpha value is -1.97. The zero-order valence-corrected chi connectivity index (χ0v) is 13.6. The molecule has 0 amide bonds. The van der Waals surface area contributed by atoms with Crippen LogP contribution in [0, 0.1) is 6.92 Å². The van der Waals surface area contributed by atoms with Crippen LogP contribution < -0.4 is 10.5 Å². The van der Waals surface area contributed by atoms with Crippen molar-refractivity contribution in [1.82, 2.24) is 9.78 Å². The van der Waals surface area contributed by atoms with E-state index in [1.165, 1.54) is 5.56 Å². The molecule has 0 saturated heterocycles. The summed E-state index contributed by atoms with van der Waals surface area (Å²) in [5.41, 5.74) is 10.1. The second kappa shape index (κ2) is 6.20. The molecular formula is C17H25N3O. The van der Waals surface area contributed by atoms with Crippen molar-refractivity contribution < 1.29 is 4.74 Å². The number of rotatable bonds is 5. The summed E-state index contributed by atoms with van der Waals surface area (Å²) >= 11 is 0. The first-order chi connectivity index (χ1) is 9.93. The van der Waals surface area contributed by atoms with E-state index in [0.29, 0.717) is 17.5 Å². The van der Waals surface area contributed by atoms with Gasteiger partial charge in [-0.05, 0) is 36.5 Å². The Morgan fingerprint density at radius 3 is 2.67 bits per heavy atom. The molecule has 0 aliphatic rings. The van der Waals surface area contributed by atoms with Gasteiger partial charge in [0.2, 0.25) is 5.88 Å². The number of aromatic nitrogens is 2. The fraction of sp³-hybridized carbons (Fsp3) is 0.471. The van der Waals surface area contributed by atoms with Crippen molar-refractivity contribution in [1.29, 1.82) is 0 Å². The number of hydrogen-bond donors (Lipinski definition) is 1. The molecule has 0 atom stereocenters. The van der Waals surface area contributed by atoms with Gasteiger partial charge in [-0.15, -0.1) is 0 Å². The molecule has 0 unspecified atom stereocenters. The third kappa shape index (κ3) is 3.20. The lowest BCUT2D eigenvalue weighted by molar-refractivity contribution is 0.429. The molecule has 0 radical (unpaired) electrons. The molecule has 0 saturated carbocycles. The molecule has 0 fully saturated rings. The van der Waals surface area contributed by atoms with E-state index in [-0.39, 0.29) is 0 Å². The van der Waals surface area contributed by atoms with E-state index < -0.39 is 0 Å². The van der Waals surface area contributed by atoms with Gasteiger partial charge < -0.3 is 10.5 Å². The molecular weight excluding hydrogens is 262 g/mol. The van der Waals surface area contributed by atoms with E-state index in [2.05, 4.69) is 44.1 Å². The second-order valence-electron chi connectivity index (χ2n) is 5.82. The Balaban J connectivity index is 2.36. The highest BCUT2D eigenvalue weighted by Gasteiger charge is 2.16. The number of anilines is 1. The molecule has 0 aliphatic carbocycles. The molecule has 0 bridgehead atoms. The third-order valence-electron chi connectivity index (χ3n) is 3.68. The van der Waals surface area contributed by atoms with Crippen LogP contribution in [0.15, 0.2) is 18.2 Å². The summed E-state index contributed by atoms with van der Waals surface area (Å²) < 4.78 is 7.79. The summed E-state index contributed by atoms with van der Waals surface area (Å²) in [5, 5.41) is 4.45. The summed E-state index contributed by atoms with van der Waals surface area (Å²) in [6.07, 6.45) is 1.89. The van der Waals surface area contributed by atoms with Gasteiger partial charge in [0.25, 0.3) is 0 Å². The first-order valence-corrected chi connectivity index (χ1v) is 7.53. The van der Waals surface area contributed by atoms with Gasteiger partial charge in [-0.25, -0.2) is 4.68 Å². The minimum absolute atomic E-state index is 0.465. The van der Waals surface area contributed by atoms with Gasteiger partial charge in [0, 0.05) is 7.05 Å². The number of ether oxygens (including phenoxy) is 1. The van der Waals surface area contributed by atoms with Crippen molar-refractivity contribution in [2.45, 2.75) is 46.5 Å². The molecule has 1 heterocycles. The summed E-state index contributed by atoms with van der Waals surface area (Å²) in [4.78, 5) is 0. The van der Waals surface area contributed by atoms with Crippen molar-refractivity contribution in [3.8, 4) is 11.6 Å². The number of aryl methyl sites for hydroxylation is 3. The predicted octanol–water partition coefficient (Wildman–Crippen LogP) is 4.18. The van der Waals surface area contributed by atoms with Gasteiger partial charge >= 0.3 is 0 Å². The molecule has 4 heteroatoms. The molecule has 0 spiro atoms. The standard InChI is InChI=1S/C17H25N3O/c1-6-7-14-16(18)17(20(5)19-14)21-15-10-13(11(2)3)9-8-12(15)4/h8-11H,6-7,18H2,1-5H3. The lowest BCUT2D eigenvalue weighted by Gasteiger charge is -2.13. The van der Waals surface area contributed by atoms with Crippen molar-refractivity contribution in [2.24, 2.45) is 7.05 Å². The minimum Gasteiger partial charge on any atom is -0.437 e. The maximum atomic E-state index is 6.18. The third-order valence-corrected chi connectivity index (χ3v) is 3.68. The van der Waals surface area contributed by atoms with Crippen LogP contribution in [-0.2, 0) is 13.5 Å². The van der Waals surface area contributed by atoms with Crippen LogP contribution in [0.5, 0.6) is 11.6 Å². The van der Waals surface area contributed by atoms with Crippen LogP contribution in [0.3, 0.4) is 0 Å². The van der Waals surface area contributed by atoms with Crippen LogP contribution in [0.1, 0.15) is 49.9 Å². The van der Waals surface area contributed by atoms with Crippen LogP contribution in [-0.4, -0.2) is 9.78 Å². The molecule has 21 heavy (non-hydrogen) atoms. The minimum atomic E-state index is 0.465. The quantitative estimate of drug-likeness (QED) is 0.897. The fourth-order valence-electron chi connectivity index (χ4n) is 2.31. The lowest BCUT2D eigenvalue weighted by atomic mass is 10.0. The molecule has 4 nitrogen and oxygen atoms in total. The normalized spacial score (nSPS) is 11.1. The van der Waals surface area contributed by atoms with Crippen molar-refractivity contribution in [3.63, 3.8) is 0 Å². The van der Waals surface area contributed by atoms with E-state index in [1.54, 1.807) is 4.68 Å². The Labute approximate surface area is 126 Å². The zero-order valence-electron chi connectivity index (χ0n) is 13.6. The van der Waals surface area contributed by atoms with Crippen LogP contribution in [0.25, 0.3) is 0 Å². The molecule has 2 rings (SSSR count). The number of hydrogen-bond acceptors (Lipinski definition) is 3. The maximum Gasteiger partial charge on any atom is 0.241 e. The molecule has 2 aromatic rings. The Kier molecular flexibility index (Phi) is 4.56. The number of nitrogens with zero attached hydrogens (tertiary/aromatic N) is 2. The average Bonchev–Trinajstić information content (AvgIpc) is 2.69. The highest BCUT2D eigenvalue weighted by molar-refractivity contribution is 5.55. The Morgan fingerprint density at radius 2 is 2.05 bits per heavy atom. The van der Waals surface area contributed by atoms with Crippen molar-refractivity contribution in [3.05, 3.63) is 35.0 Å². The monoisotopic (exact) mass is 287 g/mol. The Bertz CT molecular complexity index is 629. The first kappa shape index (κ1) is 15.4. The second-order valence-corrected chi connectivity index (χ2v) is 5.82. The van der Waals surface area contributed by atoms with Gasteiger partial charge in [-0.1, -0.05) is 39.3 Å². The van der Waals surface area contributed by atoms with Gasteiger partial charge in [-0.3, -0.25) is 0 Å². The van der Waals surface area contributed by atoms with E-state index >= 15 is 0 Å². The molecule has 2 N–H and O–H groups in total. The van der Waals surface area contributed by atoms with Gasteiger partial charge in [0.1, 0.15) is 11.4 Å². The van der Waals surface area contributed by atoms with E-state index in [1.807, 2.05) is 14.0 Å². The maximum absolute atomic E-state index is 6.18. The molecule has 1 aromatic heterocycles. The van der Waals surface area contributed by atoms with E-state index in [4.69, 9.17) is 10.5 Å². The topological polar surface area (TPSA) is 53.1 Å². The van der Waals surface area contributed by atoms with Crippen LogP contribution in [0.2, 0.25) is 0 Å². The predicted molar refractivity (Wildman–Crippen MR) is 87.0 cm³/mol. The van der Waals surface area contributed by atoms with Crippen LogP contribution in [0.4, 0.5) is 5.69 Å². The largest absolute Gasteiger partial charge is 0.437 e. The zero-order chi connectivity index (χ0) is 15.6. The summed E-state index contributed by atoms with van der Waals surface area (Å²) in [6, 6.07) is 6.32. The van der Waals surface area contributed by atoms with Crippen molar-refractivity contribution >= 4 is 5.69 Å². The summed E-state index contributed by atoms with van der Waals surface area (Å²) in [5.74, 6) is 1.94. The summed E-state index contributed by atoms with van der Waals surface area (Å²) in [7, 11) is 1.87. The molecule has 1 aromatic carbocycles. The SMILES string of the molecule is CCCc1nn(C)c(Oc2cc(C(C)C)ccc2C)c1N. The number of benzene rings is 1. The lowest BCUT2D eigenvalue weighted by Crippen LogP contribution is -1.99. The number of nitrogens with two attached hydrogens (primary N) is 1. The molecule has 0 aliphatic heterocycles. The first-order valence-electron chi connectivity index (χ1n) is 7.53. The highest BCUT2D eigenvalue weighted by atomic mass is 16.5. The van der Waals surface area contributed by atoms with Crippen LogP contribution >= 0.6 is 0 Å². The number of nitrogen functional groups attached to an aromatic ring is 1. The van der Waals surface area contributed by atoms with Crippen molar-refractivity contribution in [2.75, 3.05) is 5.73 Å². The van der Waals surface area contributed by atoms with E-state index in [9.17, 15) is 0 Å². The fourth-order valence-corrected chi connectivity index (χ4v) is 2.31. The molecule has 114 valence electrons. The van der Waals surface area contributed by atoms with Gasteiger partial charge in [0.15, 0.2) is 0 Å². The highest BCUT2D eigenvalue weighted by Crippen LogP contribution is 2.33. The average molecular weight is 287 g/mol. The van der Waals surface area contributed by atoms with Gasteiger partial charge in [-0.2, -0.15) is 5.10 Å². The van der Waals surface area contributed by atoms with Gasteiger partial charge in [0.05, 0.1) is 5.69 Å². The summed E-state index contributed by atoms with van der Waals surface area (Å²) in [6.45, 7) is 8.50. The van der Waals surface area contributed by atoms with E-state index in [0.717, 1.165) is 29.8 Å². The Morgan fingerprint density at radius 1 is 1.33 bits per heavy atom.